The standard InChI is InChI=1S/C14H21NO2/c1-4-12-14(15-2)11-9-10(7-8-16-3)5-6-13(11)17-12/h5-6,9,12,14-15H,4,7-8H2,1-3H3. The highest BCUT2D eigenvalue weighted by atomic mass is 16.5. The van der Waals surface area contributed by atoms with Gasteiger partial charge in [0.05, 0.1) is 12.6 Å². The summed E-state index contributed by atoms with van der Waals surface area (Å²) in [5.74, 6) is 1.03. The average Bonchev–Trinajstić information content (AvgIpc) is 2.72. The van der Waals surface area contributed by atoms with E-state index in [0.717, 1.165) is 25.2 Å². The number of fused-ring (bicyclic) bond motifs is 1. The van der Waals surface area contributed by atoms with Crippen LogP contribution in [0.2, 0.25) is 0 Å². The van der Waals surface area contributed by atoms with Crippen LogP contribution in [0.4, 0.5) is 0 Å². The van der Waals surface area contributed by atoms with Gasteiger partial charge >= 0.3 is 0 Å². The van der Waals surface area contributed by atoms with E-state index in [-0.39, 0.29) is 6.10 Å². The van der Waals surface area contributed by atoms with Gasteiger partial charge in [0.15, 0.2) is 0 Å². The normalized spacial score (nSPS) is 22.3. The third-order valence-electron chi connectivity index (χ3n) is 3.37. The fourth-order valence-electron chi connectivity index (χ4n) is 2.42. The molecule has 1 aliphatic rings. The molecule has 1 aromatic carbocycles. The molecule has 1 aromatic rings. The maximum absolute atomic E-state index is 5.93. The minimum Gasteiger partial charge on any atom is -0.488 e. The highest BCUT2D eigenvalue weighted by molar-refractivity contribution is 5.43. The second-order valence-electron chi connectivity index (χ2n) is 4.45. The molecule has 0 aliphatic carbocycles. The Kier molecular flexibility index (Phi) is 4.02. The van der Waals surface area contributed by atoms with Crippen molar-refractivity contribution in [3.8, 4) is 5.75 Å². The molecule has 2 rings (SSSR count). The van der Waals surface area contributed by atoms with Crippen LogP contribution in [0.3, 0.4) is 0 Å². The van der Waals surface area contributed by atoms with Crippen molar-refractivity contribution in [1.82, 2.24) is 5.32 Å². The van der Waals surface area contributed by atoms with E-state index in [0.29, 0.717) is 6.04 Å². The first-order chi connectivity index (χ1) is 8.30. The van der Waals surface area contributed by atoms with Gasteiger partial charge in [0, 0.05) is 12.7 Å². The molecule has 0 aromatic heterocycles. The van der Waals surface area contributed by atoms with Crippen LogP contribution in [-0.4, -0.2) is 26.9 Å². The molecule has 3 nitrogen and oxygen atoms in total. The Hall–Kier alpha value is -1.06. The topological polar surface area (TPSA) is 30.5 Å². The molecule has 0 amide bonds. The fourth-order valence-corrected chi connectivity index (χ4v) is 2.42. The van der Waals surface area contributed by atoms with Gasteiger partial charge in [-0.3, -0.25) is 0 Å². The second kappa shape index (κ2) is 5.52. The zero-order valence-corrected chi connectivity index (χ0v) is 10.8. The van der Waals surface area contributed by atoms with E-state index in [4.69, 9.17) is 9.47 Å². The monoisotopic (exact) mass is 235 g/mol. The summed E-state index contributed by atoms with van der Waals surface area (Å²) < 4.78 is 11.0. The Labute approximate surface area is 103 Å². The molecule has 0 bridgehead atoms. The molecule has 2 atom stereocenters. The van der Waals surface area contributed by atoms with E-state index in [1.54, 1.807) is 7.11 Å². The largest absolute Gasteiger partial charge is 0.488 e. The molecule has 17 heavy (non-hydrogen) atoms. The first kappa shape index (κ1) is 12.4. The molecule has 0 saturated heterocycles. The van der Waals surface area contributed by atoms with E-state index < -0.39 is 0 Å². The van der Waals surface area contributed by atoms with Crippen LogP contribution in [0.1, 0.15) is 30.5 Å². The smallest absolute Gasteiger partial charge is 0.124 e. The van der Waals surface area contributed by atoms with Gasteiger partial charge in [0.1, 0.15) is 11.9 Å². The number of ether oxygens (including phenoxy) is 2. The highest BCUT2D eigenvalue weighted by Crippen LogP contribution is 2.38. The van der Waals surface area contributed by atoms with Gasteiger partial charge in [-0.15, -0.1) is 0 Å². The van der Waals surface area contributed by atoms with Crippen LogP contribution in [0.25, 0.3) is 0 Å². The number of hydrogen-bond acceptors (Lipinski definition) is 3. The first-order valence-corrected chi connectivity index (χ1v) is 6.25. The van der Waals surface area contributed by atoms with Gasteiger partial charge in [0.25, 0.3) is 0 Å². The van der Waals surface area contributed by atoms with E-state index in [9.17, 15) is 0 Å². The third-order valence-corrected chi connectivity index (χ3v) is 3.37. The molecule has 1 heterocycles. The maximum atomic E-state index is 5.93. The maximum Gasteiger partial charge on any atom is 0.124 e. The SMILES string of the molecule is CCC1Oc2ccc(CCOC)cc2C1NC. The molecule has 94 valence electrons. The van der Waals surface area contributed by atoms with Gasteiger partial charge in [0.2, 0.25) is 0 Å². The zero-order valence-electron chi connectivity index (χ0n) is 10.8. The molecule has 1 N–H and O–H groups in total. The summed E-state index contributed by atoms with van der Waals surface area (Å²) in [5, 5.41) is 3.35. The van der Waals surface area contributed by atoms with Gasteiger partial charge in [-0.2, -0.15) is 0 Å². The quantitative estimate of drug-likeness (QED) is 0.849. The van der Waals surface area contributed by atoms with Gasteiger partial charge in [-0.25, -0.2) is 0 Å². The summed E-state index contributed by atoms with van der Waals surface area (Å²) in [6, 6.07) is 6.77. The summed E-state index contributed by atoms with van der Waals surface area (Å²) in [6.45, 7) is 2.92. The molecule has 1 aliphatic heterocycles. The second-order valence-corrected chi connectivity index (χ2v) is 4.45. The molecule has 0 radical (unpaired) electrons. The van der Waals surface area contributed by atoms with Crippen molar-refractivity contribution in [2.75, 3.05) is 20.8 Å². The molecular formula is C14H21NO2. The number of nitrogens with one attached hydrogen (secondary N) is 1. The number of methoxy groups -OCH3 is 1. The lowest BCUT2D eigenvalue weighted by Gasteiger charge is -2.16. The van der Waals surface area contributed by atoms with Crippen LogP contribution < -0.4 is 10.1 Å². The minimum atomic E-state index is 0.257. The lowest BCUT2D eigenvalue weighted by Crippen LogP contribution is -2.27. The molecule has 3 heteroatoms. The van der Waals surface area contributed by atoms with Gasteiger partial charge in [-0.05, 0) is 31.5 Å². The van der Waals surface area contributed by atoms with Crippen molar-refractivity contribution < 1.29 is 9.47 Å². The zero-order chi connectivity index (χ0) is 12.3. The van der Waals surface area contributed by atoms with Crippen LogP contribution in [0, 0.1) is 0 Å². The number of rotatable bonds is 5. The lowest BCUT2D eigenvalue weighted by atomic mass is 9.99. The van der Waals surface area contributed by atoms with Crippen LogP contribution in [0.15, 0.2) is 18.2 Å². The van der Waals surface area contributed by atoms with E-state index in [1.165, 1.54) is 11.1 Å². The number of benzene rings is 1. The Bertz CT molecular complexity index is 378. The Morgan fingerprint density at radius 3 is 2.88 bits per heavy atom. The summed E-state index contributed by atoms with van der Waals surface area (Å²) in [5.41, 5.74) is 2.60. The Balaban J connectivity index is 2.21. The Morgan fingerprint density at radius 1 is 1.41 bits per heavy atom. The average molecular weight is 235 g/mol. The van der Waals surface area contributed by atoms with Crippen molar-refractivity contribution >= 4 is 0 Å². The summed E-state index contributed by atoms with van der Waals surface area (Å²) >= 11 is 0. The van der Waals surface area contributed by atoms with Gasteiger partial charge in [-0.1, -0.05) is 19.1 Å². The van der Waals surface area contributed by atoms with Gasteiger partial charge < -0.3 is 14.8 Å². The number of hydrogen-bond donors (Lipinski definition) is 1. The minimum absolute atomic E-state index is 0.257. The fraction of sp³-hybridized carbons (Fsp3) is 0.571. The summed E-state index contributed by atoms with van der Waals surface area (Å²) in [6.07, 6.45) is 2.23. The van der Waals surface area contributed by atoms with E-state index in [2.05, 4.69) is 30.4 Å². The molecule has 0 saturated carbocycles. The molecule has 2 unspecified atom stereocenters. The van der Waals surface area contributed by atoms with Crippen LogP contribution in [-0.2, 0) is 11.2 Å². The summed E-state index contributed by atoms with van der Waals surface area (Å²) in [7, 11) is 3.73. The molecular weight excluding hydrogens is 214 g/mol. The molecule has 0 fully saturated rings. The number of likely N-dealkylation sites (N-methyl/N-ethyl adjacent to an activating group) is 1. The van der Waals surface area contributed by atoms with Crippen LogP contribution >= 0.6 is 0 Å². The predicted octanol–water partition coefficient (Wildman–Crippen LogP) is 2.31. The van der Waals surface area contributed by atoms with E-state index >= 15 is 0 Å². The van der Waals surface area contributed by atoms with Crippen LogP contribution in [0.5, 0.6) is 5.75 Å². The summed E-state index contributed by atoms with van der Waals surface area (Å²) in [4.78, 5) is 0. The highest BCUT2D eigenvalue weighted by Gasteiger charge is 2.31. The predicted molar refractivity (Wildman–Crippen MR) is 68.5 cm³/mol. The Morgan fingerprint density at radius 2 is 2.24 bits per heavy atom. The lowest BCUT2D eigenvalue weighted by molar-refractivity contribution is 0.189. The van der Waals surface area contributed by atoms with E-state index in [1.807, 2.05) is 7.05 Å². The first-order valence-electron chi connectivity index (χ1n) is 6.25. The van der Waals surface area contributed by atoms with Crippen molar-refractivity contribution in [3.63, 3.8) is 0 Å². The van der Waals surface area contributed by atoms with Crippen molar-refractivity contribution in [1.29, 1.82) is 0 Å². The van der Waals surface area contributed by atoms with Crippen molar-refractivity contribution in [2.24, 2.45) is 0 Å². The molecule has 0 spiro atoms. The van der Waals surface area contributed by atoms with Crippen molar-refractivity contribution in [2.45, 2.75) is 31.9 Å². The van der Waals surface area contributed by atoms with Crippen molar-refractivity contribution in [3.05, 3.63) is 29.3 Å². The third kappa shape index (κ3) is 2.45.